The molecule has 0 spiro atoms. The highest BCUT2D eigenvalue weighted by atomic mass is 19.1. The number of hydrogen-bond donors (Lipinski definition) is 3. The number of para-hydroxylation sites is 1. The lowest BCUT2D eigenvalue weighted by Gasteiger charge is -2.15. The van der Waals surface area contributed by atoms with Crippen LogP contribution in [0.2, 0.25) is 0 Å². The van der Waals surface area contributed by atoms with Crippen molar-refractivity contribution in [1.82, 2.24) is 10.6 Å². The zero-order chi connectivity index (χ0) is 16.7. The molecule has 0 radical (unpaired) electrons. The van der Waals surface area contributed by atoms with E-state index in [2.05, 4.69) is 16.0 Å². The molecule has 6 heteroatoms. The van der Waals surface area contributed by atoms with Crippen molar-refractivity contribution in [1.29, 1.82) is 0 Å². The van der Waals surface area contributed by atoms with E-state index in [1.807, 2.05) is 6.07 Å². The van der Waals surface area contributed by atoms with Crippen LogP contribution < -0.4 is 16.0 Å². The molecule has 1 atom stereocenters. The van der Waals surface area contributed by atoms with E-state index in [4.69, 9.17) is 0 Å². The number of urea groups is 1. The molecule has 3 N–H and O–H groups in total. The van der Waals surface area contributed by atoms with E-state index in [1.54, 1.807) is 43.3 Å². The molecular weight excluding hydrogens is 297 g/mol. The highest BCUT2D eigenvalue weighted by molar-refractivity contribution is 5.92. The third kappa shape index (κ3) is 5.43. The molecule has 0 fully saturated rings. The molecule has 2 rings (SSSR count). The average molecular weight is 315 g/mol. The van der Waals surface area contributed by atoms with Gasteiger partial charge in [0.15, 0.2) is 0 Å². The summed E-state index contributed by atoms with van der Waals surface area (Å²) in [4.78, 5) is 23.5. The van der Waals surface area contributed by atoms with Crippen molar-refractivity contribution in [3.8, 4) is 0 Å². The van der Waals surface area contributed by atoms with Crippen LogP contribution in [0.5, 0.6) is 0 Å². The molecule has 5 nitrogen and oxygen atoms in total. The third-order valence-electron chi connectivity index (χ3n) is 3.19. The molecule has 23 heavy (non-hydrogen) atoms. The molecule has 0 bridgehead atoms. The predicted molar refractivity (Wildman–Crippen MR) is 86.4 cm³/mol. The summed E-state index contributed by atoms with van der Waals surface area (Å²) in [7, 11) is 0. The first-order valence-corrected chi connectivity index (χ1v) is 7.19. The van der Waals surface area contributed by atoms with E-state index in [-0.39, 0.29) is 24.3 Å². The second-order valence-electron chi connectivity index (χ2n) is 5.01. The Kier molecular flexibility index (Phi) is 5.68. The van der Waals surface area contributed by atoms with Crippen LogP contribution in [0.15, 0.2) is 54.6 Å². The molecule has 0 aliphatic carbocycles. The number of nitrogens with one attached hydrogen (secondary N) is 3. The third-order valence-corrected chi connectivity index (χ3v) is 3.19. The van der Waals surface area contributed by atoms with E-state index >= 15 is 0 Å². The van der Waals surface area contributed by atoms with Crippen molar-refractivity contribution in [2.45, 2.75) is 13.0 Å². The fourth-order valence-corrected chi connectivity index (χ4v) is 1.98. The fourth-order valence-electron chi connectivity index (χ4n) is 1.98. The van der Waals surface area contributed by atoms with Gasteiger partial charge in [-0.2, -0.15) is 0 Å². The monoisotopic (exact) mass is 315 g/mol. The number of anilines is 1. The van der Waals surface area contributed by atoms with E-state index < -0.39 is 6.03 Å². The number of rotatable bonds is 5. The Labute approximate surface area is 133 Å². The summed E-state index contributed by atoms with van der Waals surface area (Å²) in [6, 6.07) is 14.1. The zero-order valence-electron chi connectivity index (χ0n) is 12.7. The summed E-state index contributed by atoms with van der Waals surface area (Å²) in [5.41, 5.74) is 1.43. The van der Waals surface area contributed by atoms with Gasteiger partial charge in [0.25, 0.3) is 0 Å². The molecule has 0 aromatic heterocycles. The van der Waals surface area contributed by atoms with Crippen LogP contribution in [0.4, 0.5) is 14.9 Å². The molecule has 0 aliphatic heterocycles. The number of amides is 3. The molecule has 0 heterocycles. The van der Waals surface area contributed by atoms with Crippen LogP contribution in [0, 0.1) is 5.82 Å². The highest BCUT2D eigenvalue weighted by Crippen LogP contribution is 2.12. The van der Waals surface area contributed by atoms with Gasteiger partial charge in [0.05, 0.1) is 12.6 Å². The van der Waals surface area contributed by atoms with Crippen LogP contribution in [-0.2, 0) is 4.79 Å². The van der Waals surface area contributed by atoms with Gasteiger partial charge < -0.3 is 16.0 Å². The molecule has 0 saturated carbocycles. The Morgan fingerprint density at radius 3 is 2.35 bits per heavy atom. The Hall–Kier alpha value is -2.89. The number of benzene rings is 2. The molecule has 120 valence electrons. The van der Waals surface area contributed by atoms with Crippen LogP contribution in [-0.4, -0.2) is 18.5 Å². The lowest BCUT2D eigenvalue weighted by molar-refractivity contribution is -0.120. The standard InChI is InChI=1S/C17H18FN3O2/c1-12(13-7-9-14(18)10-8-13)20-16(22)11-19-17(23)21-15-5-3-2-4-6-15/h2-10,12H,11H2,1H3,(H,20,22)(H2,19,21,23). The van der Waals surface area contributed by atoms with Gasteiger partial charge in [-0.3, -0.25) is 4.79 Å². The number of halogens is 1. The lowest BCUT2D eigenvalue weighted by Crippen LogP contribution is -2.39. The molecule has 3 amide bonds. The smallest absolute Gasteiger partial charge is 0.319 e. The topological polar surface area (TPSA) is 70.2 Å². The minimum absolute atomic E-state index is 0.149. The molecule has 0 saturated heterocycles. The second-order valence-corrected chi connectivity index (χ2v) is 5.01. The summed E-state index contributed by atoms with van der Waals surface area (Å²) in [5.74, 6) is -0.656. The van der Waals surface area contributed by atoms with Gasteiger partial charge >= 0.3 is 6.03 Å². The van der Waals surface area contributed by atoms with Crippen LogP contribution in [0.1, 0.15) is 18.5 Å². The second kappa shape index (κ2) is 7.93. The van der Waals surface area contributed by atoms with Gasteiger partial charge in [-0.05, 0) is 36.8 Å². The van der Waals surface area contributed by atoms with Crippen LogP contribution in [0.25, 0.3) is 0 Å². The molecule has 1 unspecified atom stereocenters. The first-order valence-electron chi connectivity index (χ1n) is 7.19. The minimum Gasteiger partial charge on any atom is -0.348 e. The van der Waals surface area contributed by atoms with Gasteiger partial charge in [-0.15, -0.1) is 0 Å². The maximum absolute atomic E-state index is 12.9. The number of carbonyl (C=O) groups excluding carboxylic acids is 2. The van der Waals surface area contributed by atoms with Crippen molar-refractivity contribution >= 4 is 17.6 Å². The Morgan fingerprint density at radius 2 is 1.70 bits per heavy atom. The summed E-state index contributed by atoms with van der Waals surface area (Å²) in [6.45, 7) is 1.64. The Balaban J connectivity index is 1.76. The van der Waals surface area contributed by atoms with Gasteiger partial charge in [0.2, 0.25) is 5.91 Å². The van der Waals surface area contributed by atoms with Gasteiger partial charge in [0, 0.05) is 5.69 Å². The van der Waals surface area contributed by atoms with E-state index in [9.17, 15) is 14.0 Å². The summed E-state index contributed by atoms with van der Waals surface area (Å²) in [6.07, 6.45) is 0. The maximum atomic E-state index is 12.9. The quantitative estimate of drug-likeness (QED) is 0.794. The van der Waals surface area contributed by atoms with Crippen molar-refractivity contribution in [3.05, 3.63) is 66.0 Å². The molecule has 0 aliphatic rings. The molecule has 2 aromatic carbocycles. The first kappa shape index (κ1) is 16.5. The predicted octanol–water partition coefficient (Wildman–Crippen LogP) is 2.82. The van der Waals surface area contributed by atoms with Gasteiger partial charge in [0.1, 0.15) is 5.82 Å². The first-order chi connectivity index (χ1) is 11.0. The van der Waals surface area contributed by atoms with Crippen LogP contribution >= 0.6 is 0 Å². The molecule has 2 aromatic rings. The minimum atomic E-state index is -0.458. The highest BCUT2D eigenvalue weighted by Gasteiger charge is 2.10. The van der Waals surface area contributed by atoms with Crippen molar-refractivity contribution in [2.24, 2.45) is 0 Å². The molecular formula is C17H18FN3O2. The van der Waals surface area contributed by atoms with Gasteiger partial charge in [-0.1, -0.05) is 30.3 Å². The maximum Gasteiger partial charge on any atom is 0.319 e. The number of carbonyl (C=O) groups is 2. The number of hydrogen-bond acceptors (Lipinski definition) is 2. The summed E-state index contributed by atoms with van der Waals surface area (Å²) >= 11 is 0. The normalized spacial score (nSPS) is 11.4. The fraction of sp³-hybridized carbons (Fsp3) is 0.176. The Morgan fingerprint density at radius 1 is 1.04 bits per heavy atom. The van der Waals surface area contributed by atoms with E-state index in [0.29, 0.717) is 5.69 Å². The van der Waals surface area contributed by atoms with Crippen molar-refractivity contribution in [2.75, 3.05) is 11.9 Å². The van der Waals surface area contributed by atoms with Crippen molar-refractivity contribution < 1.29 is 14.0 Å². The SMILES string of the molecule is CC(NC(=O)CNC(=O)Nc1ccccc1)c1ccc(F)cc1. The van der Waals surface area contributed by atoms with Gasteiger partial charge in [-0.25, -0.2) is 9.18 Å². The van der Waals surface area contributed by atoms with Crippen molar-refractivity contribution in [3.63, 3.8) is 0 Å². The largest absolute Gasteiger partial charge is 0.348 e. The zero-order valence-corrected chi connectivity index (χ0v) is 12.7. The van der Waals surface area contributed by atoms with E-state index in [0.717, 1.165) is 5.56 Å². The summed E-state index contributed by atoms with van der Waals surface area (Å²) in [5, 5.41) is 7.82. The van der Waals surface area contributed by atoms with E-state index in [1.165, 1.54) is 12.1 Å². The summed E-state index contributed by atoms with van der Waals surface area (Å²) < 4.78 is 12.9. The average Bonchev–Trinajstić information content (AvgIpc) is 2.54. The Bertz CT molecular complexity index is 659. The lowest BCUT2D eigenvalue weighted by atomic mass is 10.1. The van der Waals surface area contributed by atoms with Crippen LogP contribution in [0.3, 0.4) is 0 Å².